The first-order valence-corrected chi connectivity index (χ1v) is 5.85. The minimum atomic E-state index is -0.646. The Bertz CT molecular complexity index is 456. The molecule has 0 unspecified atom stereocenters. The van der Waals surface area contributed by atoms with Gasteiger partial charge in [0.25, 0.3) is 5.91 Å². The van der Waals surface area contributed by atoms with Gasteiger partial charge in [0.2, 0.25) is 0 Å². The van der Waals surface area contributed by atoms with E-state index in [1.807, 2.05) is 25.1 Å². The molecule has 0 radical (unpaired) electrons. The lowest BCUT2D eigenvalue weighted by Crippen LogP contribution is -3.06. The van der Waals surface area contributed by atoms with E-state index in [2.05, 4.69) is 30.7 Å². The summed E-state index contributed by atoms with van der Waals surface area (Å²) in [7, 11) is 0. The molecule has 0 aliphatic carbocycles. The van der Waals surface area contributed by atoms with E-state index < -0.39 is 5.54 Å². The van der Waals surface area contributed by atoms with Crippen LogP contribution < -0.4 is 16.6 Å². The van der Waals surface area contributed by atoms with Gasteiger partial charge in [0.05, 0.1) is 5.54 Å². The molecule has 0 saturated heterocycles. The number of carbonyl (C=O) groups excluding carboxylic acids is 1. The van der Waals surface area contributed by atoms with Crippen LogP contribution in [0.4, 0.5) is 0 Å². The fraction of sp³-hybridized carbons (Fsp3) is 0.462. The molecule has 17 heavy (non-hydrogen) atoms. The third-order valence-electron chi connectivity index (χ3n) is 3.51. The lowest BCUT2D eigenvalue weighted by molar-refractivity contribution is -0.779. The molecule has 0 aromatic heterocycles. The van der Waals surface area contributed by atoms with Crippen LogP contribution in [0, 0.1) is 0 Å². The standard InChI is InChI=1S/C13H19N3O/c1-12(2)8-9-6-4-5-7-10(9)13(3,16-12)11(17)15-14/h4-7,16H,8,14H2,1-3H3,(H,15,17)/p+1/t13-/m1/s1. The molecule has 1 amide bonds. The Morgan fingerprint density at radius 1 is 1.35 bits per heavy atom. The van der Waals surface area contributed by atoms with Crippen molar-refractivity contribution >= 4 is 5.91 Å². The van der Waals surface area contributed by atoms with Gasteiger partial charge in [-0.25, -0.2) is 5.84 Å². The monoisotopic (exact) mass is 234 g/mol. The molecule has 4 heteroatoms. The topological polar surface area (TPSA) is 71.7 Å². The number of nitrogens with one attached hydrogen (secondary N) is 1. The lowest BCUT2D eigenvalue weighted by atomic mass is 9.76. The highest BCUT2D eigenvalue weighted by Crippen LogP contribution is 2.28. The van der Waals surface area contributed by atoms with Crippen molar-refractivity contribution in [2.75, 3.05) is 0 Å². The number of rotatable bonds is 1. The van der Waals surface area contributed by atoms with E-state index in [4.69, 9.17) is 5.84 Å². The Hall–Kier alpha value is -1.39. The van der Waals surface area contributed by atoms with Crippen molar-refractivity contribution in [3.63, 3.8) is 0 Å². The number of hydrogen-bond acceptors (Lipinski definition) is 2. The largest absolute Gasteiger partial charge is 0.325 e. The maximum atomic E-state index is 12.1. The highest BCUT2D eigenvalue weighted by molar-refractivity contribution is 5.85. The third-order valence-corrected chi connectivity index (χ3v) is 3.51. The van der Waals surface area contributed by atoms with Gasteiger partial charge >= 0.3 is 0 Å². The SMILES string of the molecule is CC1(C)Cc2ccccc2[C@](C)(C(=O)NN)[NH2+]1. The number of amides is 1. The van der Waals surface area contributed by atoms with Gasteiger partial charge in [0.15, 0.2) is 5.54 Å². The van der Waals surface area contributed by atoms with Gasteiger partial charge in [-0.15, -0.1) is 0 Å². The maximum Gasteiger partial charge on any atom is 0.299 e. The molecule has 1 aromatic carbocycles. The number of quaternary nitrogens is 1. The molecule has 0 bridgehead atoms. The van der Waals surface area contributed by atoms with Crippen LogP contribution >= 0.6 is 0 Å². The molecule has 2 rings (SSSR count). The first kappa shape index (κ1) is 12.1. The molecule has 0 saturated carbocycles. The Kier molecular flexibility index (Phi) is 2.72. The summed E-state index contributed by atoms with van der Waals surface area (Å²) in [6.45, 7) is 6.21. The predicted octanol–water partition coefficient (Wildman–Crippen LogP) is -0.210. The third kappa shape index (κ3) is 1.94. The van der Waals surface area contributed by atoms with Crippen molar-refractivity contribution in [3.8, 4) is 0 Å². The Balaban J connectivity index is 2.57. The van der Waals surface area contributed by atoms with Crippen LogP contribution in [0.25, 0.3) is 0 Å². The fourth-order valence-electron chi connectivity index (χ4n) is 2.92. The Morgan fingerprint density at radius 2 is 2.00 bits per heavy atom. The van der Waals surface area contributed by atoms with Crippen molar-refractivity contribution in [3.05, 3.63) is 35.4 Å². The number of carbonyl (C=O) groups is 1. The highest BCUT2D eigenvalue weighted by atomic mass is 16.2. The normalized spacial score (nSPS) is 26.1. The van der Waals surface area contributed by atoms with E-state index in [1.54, 1.807) is 0 Å². The fourth-order valence-corrected chi connectivity index (χ4v) is 2.92. The highest BCUT2D eigenvalue weighted by Gasteiger charge is 2.48. The van der Waals surface area contributed by atoms with Crippen LogP contribution in [0.1, 0.15) is 31.9 Å². The average Bonchev–Trinajstić information content (AvgIpc) is 2.26. The van der Waals surface area contributed by atoms with Crippen molar-refractivity contribution < 1.29 is 10.1 Å². The van der Waals surface area contributed by atoms with E-state index in [-0.39, 0.29) is 11.4 Å². The van der Waals surface area contributed by atoms with Crippen molar-refractivity contribution in [1.82, 2.24) is 5.43 Å². The number of benzene rings is 1. The van der Waals surface area contributed by atoms with Crippen LogP contribution in [0.2, 0.25) is 0 Å². The molecule has 1 aliphatic heterocycles. The quantitative estimate of drug-likeness (QED) is 0.357. The van der Waals surface area contributed by atoms with Crippen molar-refractivity contribution in [1.29, 1.82) is 0 Å². The summed E-state index contributed by atoms with van der Waals surface area (Å²) < 4.78 is 0. The van der Waals surface area contributed by atoms with Gasteiger partial charge in [0.1, 0.15) is 0 Å². The molecular formula is C13H20N3O+. The van der Waals surface area contributed by atoms with Crippen LogP contribution in [-0.4, -0.2) is 11.4 Å². The van der Waals surface area contributed by atoms with Crippen molar-refractivity contribution in [2.24, 2.45) is 5.84 Å². The van der Waals surface area contributed by atoms with Crippen LogP contribution in [0.15, 0.2) is 24.3 Å². The zero-order valence-corrected chi connectivity index (χ0v) is 10.6. The molecule has 1 heterocycles. The van der Waals surface area contributed by atoms with Gasteiger partial charge in [0, 0.05) is 18.9 Å². The number of hydrazine groups is 1. The number of hydrogen-bond donors (Lipinski definition) is 3. The summed E-state index contributed by atoms with van der Waals surface area (Å²) in [6, 6.07) is 8.08. The lowest BCUT2D eigenvalue weighted by Gasteiger charge is -2.40. The second kappa shape index (κ2) is 3.82. The van der Waals surface area contributed by atoms with E-state index in [0.29, 0.717) is 0 Å². The summed E-state index contributed by atoms with van der Waals surface area (Å²) in [6.07, 6.45) is 0.955. The summed E-state index contributed by atoms with van der Waals surface area (Å²) in [4.78, 5) is 12.1. The van der Waals surface area contributed by atoms with Crippen LogP contribution in [-0.2, 0) is 16.8 Å². The predicted molar refractivity (Wildman–Crippen MR) is 65.8 cm³/mol. The van der Waals surface area contributed by atoms with Gasteiger partial charge in [-0.2, -0.15) is 0 Å². The number of fused-ring (bicyclic) bond motifs is 1. The van der Waals surface area contributed by atoms with E-state index in [1.165, 1.54) is 5.56 Å². The molecule has 5 N–H and O–H groups in total. The number of nitrogens with two attached hydrogens (primary N) is 2. The zero-order chi connectivity index (χ0) is 12.7. The van der Waals surface area contributed by atoms with E-state index >= 15 is 0 Å². The molecule has 0 fully saturated rings. The summed E-state index contributed by atoms with van der Waals surface area (Å²) in [5, 5.41) is 2.10. The second-order valence-corrected chi connectivity index (χ2v) is 5.64. The van der Waals surface area contributed by atoms with Crippen molar-refractivity contribution in [2.45, 2.75) is 38.3 Å². The Labute approximate surface area is 102 Å². The van der Waals surface area contributed by atoms with E-state index in [0.717, 1.165) is 12.0 Å². The molecule has 1 aliphatic rings. The first-order chi connectivity index (χ1) is 7.89. The molecule has 92 valence electrons. The molecule has 0 spiro atoms. The summed E-state index contributed by atoms with van der Waals surface area (Å²) in [5.41, 5.74) is 3.92. The van der Waals surface area contributed by atoms with E-state index in [9.17, 15) is 4.79 Å². The zero-order valence-electron chi connectivity index (χ0n) is 10.6. The molecule has 1 atom stereocenters. The Morgan fingerprint density at radius 3 is 2.65 bits per heavy atom. The average molecular weight is 234 g/mol. The second-order valence-electron chi connectivity index (χ2n) is 5.64. The minimum Gasteiger partial charge on any atom is -0.325 e. The minimum absolute atomic E-state index is 0.00435. The maximum absolute atomic E-state index is 12.1. The van der Waals surface area contributed by atoms with Gasteiger partial charge in [-0.3, -0.25) is 10.2 Å². The summed E-state index contributed by atoms with van der Waals surface area (Å²) >= 11 is 0. The van der Waals surface area contributed by atoms with Gasteiger partial charge in [-0.05, 0) is 19.4 Å². The molecule has 4 nitrogen and oxygen atoms in total. The molecule has 1 aromatic rings. The van der Waals surface area contributed by atoms with Gasteiger partial charge in [-0.1, -0.05) is 24.3 Å². The molecular weight excluding hydrogens is 214 g/mol. The van der Waals surface area contributed by atoms with Crippen LogP contribution in [0.3, 0.4) is 0 Å². The van der Waals surface area contributed by atoms with Gasteiger partial charge < -0.3 is 5.32 Å². The first-order valence-electron chi connectivity index (χ1n) is 5.85. The summed E-state index contributed by atoms with van der Waals surface area (Å²) in [5.74, 6) is 5.16. The van der Waals surface area contributed by atoms with Crippen LogP contribution in [0.5, 0.6) is 0 Å². The smallest absolute Gasteiger partial charge is 0.299 e.